The van der Waals surface area contributed by atoms with Crippen molar-refractivity contribution in [2.24, 2.45) is 0 Å². The number of piperidine rings is 1. The fourth-order valence-corrected chi connectivity index (χ4v) is 6.20. The minimum absolute atomic E-state index is 0.0516. The lowest BCUT2D eigenvalue weighted by molar-refractivity contribution is -0.135. The number of likely N-dealkylation sites (N-methyl/N-ethyl adjacent to an activating group) is 1. The molecule has 7 nitrogen and oxygen atoms in total. The van der Waals surface area contributed by atoms with E-state index in [2.05, 4.69) is 53.4 Å². The molecule has 7 heteroatoms. The average molecular weight is 455 g/mol. The van der Waals surface area contributed by atoms with E-state index in [1.54, 1.807) is 0 Å². The number of carbonyl (C=O) groups is 2. The minimum atomic E-state index is -0.385. The molecule has 0 aliphatic carbocycles. The van der Waals surface area contributed by atoms with Crippen molar-refractivity contribution < 1.29 is 14.3 Å². The Bertz CT molecular complexity index is 831. The second-order valence-corrected chi connectivity index (χ2v) is 10.7. The van der Waals surface area contributed by atoms with Gasteiger partial charge in [-0.3, -0.25) is 19.4 Å². The Morgan fingerprint density at radius 3 is 2.48 bits per heavy atom. The van der Waals surface area contributed by atoms with Crippen LogP contribution in [0, 0.1) is 6.92 Å². The number of carbonyl (C=O) groups excluding carboxylic acids is 2. The Balaban J connectivity index is 1.20. The Kier molecular flexibility index (Phi) is 6.47. The van der Waals surface area contributed by atoms with E-state index in [-0.39, 0.29) is 29.4 Å². The number of nitrogens with one attached hydrogen (secondary N) is 1. The first-order chi connectivity index (χ1) is 15.9. The largest absolute Gasteiger partial charge is 0.381 e. The Hall–Kier alpha value is -1.96. The predicted molar refractivity (Wildman–Crippen MR) is 127 cm³/mol. The second-order valence-electron chi connectivity index (χ2n) is 10.7. The van der Waals surface area contributed by atoms with Crippen LogP contribution in [0.25, 0.3) is 0 Å². The highest BCUT2D eigenvalue weighted by Gasteiger charge is 2.49. The van der Waals surface area contributed by atoms with Crippen molar-refractivity contribution in [3.05, 3.63) is 35.4 Å². The molecule has 2 atom stereocenters. The molecule has 0 bridgehead atoms. The Labute approximate surface area is 197 Å². The topological polar surface area (TPSA) is 65.1 Å². The molecule has 1 N–H and O–H groups in total. The SMILES string of the molecule is Cc1ccc(CN2CCC3(CC2)CC(=O)N2C[C@@H](N(C)C4CCOCC4)C[C@H]2C(=O)N3)cc1. The first kappa shape index (κ1) is 22.8. The van der Waals surface area contributed by atoms with Gasteiger partial charge in [0, 0.05) is 51.5 Å². The van der Waals surface area contributed by atoms with Crippen molar-refractivity contribution in [1.82, 2.24) is 20.0 Å². The van der Waals surface area contributed by atoms with Crippen molar-refractivity contribution >= 4 is 11.8 Å². The van der Waals surface area contributed by atoms with E-state index in [4.69, 9.17) is 4.74 Å². The number of hydrogen-bond donors (Lipinski definition) is 1. The molecule has 1 aromatic rings. The Morgan fingerprint density at radius 1 is 1.09 bits per heavy atom. The summed E-state index contributed by atoms with van der Waals surface area (Å²) in [6, 6.07) is 9.11. The monoisotopic (exact) mass is 454 g/mol. The fraction of sp³-hybridized carbons (Fsp3) is 0.692. The number of hydrogen-bond acceptors (Lipinski definition) is 5. The van der Waals surface area contributed by atoms with Crippen molar-refractivity contribution in [3.8, 4) is 0 Å². The average Bonchev–Trinajstić information content (AvgIpc) is 3.25. The maximum absolute atomic E-state index is 13.3. The van der Waals surface area contributed by atoms with Crippen LogP contribution in [0.4, 0.5) is 0 Å². The smallest absolute Gasteiger partial charge is 0.243 e. The number of rotatable bonds is 4. The molecule has 0 saturated carbocycles. The van der Waals surface area contributed by atoms with Crippen molar-refractivity contribution in [3.63, 3.8) is 0 Å². The number of aryl methyl sites for hydroxylation is 1. The third-order valence-corrected chi connectivity index (χ3v) is 8.46. The van der Waals surface area contributed by atoms with Gasteiger partial charge in [-0.05, 0) is 51.6 Å². The molecule has 4 aliphatic heterocycles. The highest BCUT2D eigenvalue weighted by Crippen LogP contribution is 2.34. The minimum Gasteiger partial charge on any atom is -0.381 e. The van der Waals surface area contributed by atoms with Crippen molar-refractivity contribution in [1.29, 1.82) is 0 Å². The summed E-state index contributed by atoms with van der Waals surface area (Å²) in [6.07, 6.45) is 4.90. The molecule has 33 heavy (non-hydrogen) atoms. The van der Waals surface area contributed by atoms with Gasteiger partial charge in [-0.1, -0.05) is 29.8 Å². The molecule has 1 spiro atoms. The number of benzene rings is 1. The van der Waals surface area contributed by atoms with Gasteiger partial charge in [-0.15, -0.1) is 0 Å². The summed E-state index contributed by atoms with van der Waals surface area (Å²) in [5.41, 5.74) is 2.21. The van der Waals surface area contributed by atoms with E-state index in [0.717, 1.165) is 65.0 Å². The van der Waals surface area contributed by atoms with Gasteiger partial charge in [-0.2, -0.15) is 0 Å². The lowest BCUT2D eigenvalue weighted by atomic mass is 9.83. The Morgan fingerprint density at radius 2 is 1.79 bits per heavy atom. The standard InChI is InChI=1S/C26H38N4O3/c1-19-3-5-20(6-4-19)17-29-11-9-26(10-12-29)16-24(31)30-18-22(15-23(30)25(32)27-26)28(2)21-7-13-33-14-8-21/h3-6,21-23H,7-18H2,1-2H3,(H,27,32)/t22-,23-/m0/s1. The fourth-order valence-electron chi connectivity index (χ4n) is 6.20. The van der Waals surface area contributed by atoms with Crippen LogP contribution in [0.1, 0.15) is 49.7 Å². The number of nitrogens with zero attached hydrogens (tertiary/aromatic N) is 3. The highest BCUT2D eigenvalue weighted by molar-refractivity contribution is 5.92. The summed E-state index contributed by atoms with van der Waals surface area (Å²) < 4.78 is 5.51. The maximum Gasteiger partial charge on any atom is 0.243 e. The lowest BCUT2D eigenvalue weighted by Crippen LogP contribution is -2.56. The van der Waals surface area contributed by atoms with E-state index < -0.39 is 0 Å². The van der Waals surface area contributed by atoms with Gasteiger partial charge in [-0.25, -0.2) is 0 Å². The number of fused-ring (bicyclic) bond motifs is 1. The number of amides is 2. The predicted octanol–water partition coefficient (Wildman–Crippen LogP) is 1.93. The third-order valence-electron chi connectivity index (χ3n) is 8.46. The highest BCUT2D eigenvalue weighted by atomic mass is 16.5. The molecule has 4 aliphatic rings. The normalized spacial score (nSPS) is 28.8. The van der Waals surface area contributed by atoms with Crippen molar-refractivity contribution in [2.45, 2.75) is 75.7 Å². The molecule has 0 radical (unpaired) electrons. The van der Waals surface area contributed by atoms with Crippen LogP contribution in [0.15, 0.2) is 24.3 Å². The second kappa shape index (κ2) is 9.35. The molecule has 4 saturated heterocycles. The lowest BCUT2D eigenvalue weighted by Gasteiger charge is -2.41. The van der Waals surface area contributed by atoms with E-state index in [1.807, 2.05) is 4.90 Å². The van der Waals surface area contributed by atoms with E-state index >= 15 is 0 Å². The van der Waals surface area contributed by atoms with Gasteiger partial charge in [0.15, 0.2) is 0 Å². The molecule has 2 amide bonds. The molecular weight excluding hydrogens is 416 g/mol. The van der Waals surface area contributed by atoms with Crippen molar-refractivity contribution in [2.75, 3.05) is 39.9 Å². The summed E-state index contributed by atoms with van der Waals surface area (Å²) in [5.74, 6) is 0.198. The van der Waals surface area contributed by atoms with Crippen LogP contribution in [0.2, 0.25) is 0 Å². The molecule has 0 aromatic heterocycles. The number of likely N-dealkylation sites (tertiary alicyclic amines) is 1. The third kappa shape index (κ3) is 4.81. The molecule has 4 fully saturated rings. The summed E-state index contributed by atoms with van der Waals surface area (Å²) in [4.78, 5) is 33.4. The van der Waals surface area contributed by atoms with Gasteiger partial charge < -0.3 is 15.0 Å². The molecule has 0 unspecified atom stereocenters. The van der Waals surface area contributed by atoms with Gasteiger partial charge in [0.2, 0.25) is 11.8 Å². The van der Waals surface area contributed by atoms with E-state index in [9.17, 15) is 9.59 Å². The summed E-state index contributed by atoms with van der Waals surface area (Å²) in [7, 11) is 2.15. The van der Waals surface area contributed by atoms with Crippen LogP contribution in [-0.4, -0.2) is 90.1 Å². The summed E-state index contributed by atoms with van der Waals surface area (Å²) >= 11 is 0. The molecule has 1 aromatic carbocycles. The van der Waals surface area contributed by atoms with Gasteiger partial charge >= 0.3 is 0 Å². The van der Waals surface area contributed by atoms with Crippen LogP contribution in [0.5, 0.6) is 0 Å². The van der Waals surface area contributed by atoms with E-state index in [0.29, 0.717) is 19.0 Å². The molecule has 180 valence electrons. The first-order valence-electron chi connectivity index (χ1n) is 12.6. The maximum atomic E-state index is 13.3. The summed E-state index contributed by atoms with van der Waals surface area (Å²) in [5, 5.41) is 3.36. The van der Waals surface area contributed by atoms with E-state index in [1.165, 1.54) is 11.1 Å². The quantitative estimate of drug-likeness (QED) is 0.753. The summed E-state index contributed by atoms with van der Waals surface area (Å²) in [6.45, 7) is 7.11. The zero-order valence-corrected chi connectivity index (χ0v) is 20.1. The first-order valence-corrected chi connectivity index (χ1v) is 12.6. The van der Waals surface area contributed by atoms with Crippen LogP contribution in [-0.2, 0) is 20.9 Å². The molecule has 4 heterocycles. The van der Waals surface area contributed by atoms with Gasteiger partial charge in [0.05, 0.1) is 12.0 Å². The number of ether oxygens (including phenoxy) is 1. The van der Waals surface area contributed by atoms with Gasteiger partial charge in [0.1, 0.15) is 6.04 Å². The molecule has 5 rings (SSSR count). The zero-order valence-electron chi connectivity index (χ0n) is 20.1. The molecular formula is C26H38N4O3. The van der Waals surface area contributed by atoms with Gasteiger partial charge in [0.25, 0.3) is 0 Å². The van der Waals surface area contributed by atoms with Crippen LogP contribution < -0.4 is 5.32 Å². The zero-order chi connectivity index (χ0) is 23.0. The van der Waals surface area contributed by atoms with Crippen LogP contribution >= 0.6 is 0 Å². The van der Waals surface area contributed by atoms with Crippen LogP contribution in [0.3, 0.4) is 0 Å².